The van der Waals surface area contributed by atoms with E-state index in [4.69, 9.17) is 0 Å². The molecule has 0 spiro atoms. The lowest BCUT2D eigenvalue weighted by molar-refractivity contribution is -0.129. The molecule has 2 aliphatic heterocycles. The fourth-order valence-corrected chi connectivity index (χ4v) is 2.21. The van der Waals surface area contributed by atoms with Gasteiger partial charge in [0.15, 0.2) is 0 Å². The molecule has 0 aromatic heterocycles. The van der Waals surface area contributed by atoms with Crippen LogP contribution in [0.2, 0.25) is 0 Å². The molecule has 0 unspecified atom stereocenters. The molecule has 1 amide bonds. The van der Waals surface area contributed by atoms with Gasteiger partial charge < -0.3 is 5.32 Å². The van der Waals surface area contributed by atoms with Crippen molar-refractivity contribution in [2.75, 3.05) is 26.2 Å². The van der Waals surface area contributed by atoms with E-state index in [0.717, 1.165) is 38.5 Å². The molecule has 4 nitrogen and oxygen atoms in total. The monoisotopic (exact) mass is 197 g/mol. The molecule has 0 atom stereocenters. The lowest BCUT2D eigenvalue weighted by Crippen LogP contribution is -2.37. The van der Waals surface area contributed by atoms with Crippen LogP contribution in [-0.2, 0) is 4.79 Å². The van der Waals surface area contributed by atoms with Gasteiger partial charge in [0, 0.05) is 19.5 Å². The van der Waals surface area contributed by atoms with Gasteiger partial charge in [-0.2, -0.15) is 0 Å². The molecule has 0 saturated carbocycles. The molecular weight excluding hydrogens is 178 g/mol. The molecule has 80 valence electrons. The Morgan fingerprint density at radius 2 is 2.07 bits per heavy atom. The number of piperidine rings is 1. The standard InChI is InChI=1S/C10H19N3O/c14-10-3-7-12-13(10)8-4-9-1-5-11-6-2-9/h9,11-12H,1-8H2. The Hall–Kier alpha value is -0.610. The highest BCUT2D eigenvalue weighted by Crippen LogP contribution is 2.16. The van der Waals surface area contributed by atoms with E-state index < -0.39 is 0 Å². The number of nitrogens with one attached hydrogen (secondary N) is 2. The minimum atomic E-state index is 0.263. The first kappa shape index (κ1) is 9.93. The third-order valence-electron chi connectivity index (χ3n) is 3.16. The molecule has 2 saturated heterocycles. The normalized spacial score (nSPS) is 24.6. The highest BCUT2D eigenvalue weighted by molar-refractivity contribution is 5.77. The number of hydrogen-bond acceptors (Lipinski definition) is 3. The average molecular weight is 197 g/mol. The van der Waals surface area contributed by atoms with Crippen LogP contribution in [0.1, 0.15) is 25.7 Å². The van der Waals surface area contributed by atoms with Gasteiger partial charge in [-0.25, -0.2) is 5.43 Å². The van der Waals surface area contributed by atoms with Gasteiger partial charge in [0.2, 0.25) is 5.91 Å². The van der Waals surface area contributed by atoms with E-state index >= 15 is 0 Å². The van der Waals surface area contributed by atoms with Crippen molar-refractivity contribution in [2.24, 2.45) is 5.92 Å². The van der Waals surface area contributed by atoms with E-state index in [0.29, 0.717) is 6.42 Å². The number of carbonyl (C=O) groups excluding carboxylic acids is 1. The molecular formula is C10H19N3O. The van der Waals surface area contributed by atoms with Crippen LogP contribution < -0.4 is 10.7 Å². The van der Waals surface area contributed by atoms with Gasteiger partial charge in [0.05, 0.1) is 0 Å². The maximum absolute atomic E-state index is 11.3. The Labute approximate surface area is 85.0 Å². The third kappa shape index (κ3) is 2.45. The summed E-state index contributed by atoms with van der Waals surface area (Å²) in [5.74, 6) is 1.07. The van der Waals surface area contributed by atoms with Crippen LogP contribution in [0, 0.1) is 5.92 Å². The molecule has 2 N–H and O–H groups in total. The Morgan fingerprint density at radius 3 is 2.71 bits per heavy atom. The molecule has 14 heavy (non-hydrogen) atoms. The Balaban J connectivity index is 1.68. The minimum absolute atomic E-state index is 0.263. The molecule has 0 radical (unpaired) electrons. The average Bonchev–Trinajstić information content (AvgIpc) is 2.63. The van der Waals surface area contributed by atoms with E-state index in [-0.39, 0.29) is 5.91 Å². The van der Waals surface area contributed by atoms with Crippen LogP contribution in [0.15, 0.2) is 0 Å². The minimum Gasteiger partial charge on any atom is -0.317 e. The van der Waals surface area contributed by atoms with Gasteiger partial charge in [-0.1, -0.05) is 0 Å². The van der Waals surface area contributed by atoms with Crippen LogP contribution >= 0.6 is 0 Å². The van der Waals surface area contributed by atoms with Gasteiger partial charge in [0.25, 0.3) is 0 Å². The summed E-state index contributed by atoms with van der Waals surface area (Å²) in [6, 6.07) is 0. The predicted molar refractivity (Wildman–Crippen MR) is 54.5 cm³/mol. The highest BCUT2D eigenvalue weighted by atomic mass is 16.2. The Kier molecular flexibility index (Phi) is 3.37. The summed E-state index contributed by atoms with van der Waals surface area (Å²) in [6.07, 6.45) is 4.36. The lowest BCUT2D eigenvalue weighted by Gasteiger charge is -2.24. The van der Waals surface area contributed by atoms with Gasteiger partial charge in [-0.3, -0.25) is 9.80 Å². The van der Waals surface area contributed by atoms with Crippen molar-refractivity contribution < 1.29 is 4.79 Å². The second kappa shape index (κ2) is 4.75. The fraction of sp³-hybridized carbons (Fsp3) is 0.900. The summed E-state index contributed by atoms with van der Waals surface area (Å²) in [4.78, 5) is 11.3. The lowest BCUT2D eigenvalue weighted by atomic mass is 9.95. The highest BCUT2D eigenvalue weighted by Gasteiger charge is 2.21. The van der Waals surface area contributed by atoms with Crippen LogP contribution in [0.3, 0.4) is 0 Å². The van der Waals surface area contributed by atoms with Crippen molar-refractivity contribution in [3.05, 3.63) is 0 Å². The summed E-state index contributed by atoms with van der Waals surface area (Å²) in [5, 5.41) is 5.15. The number of carbonyl (C=O) groups is 1. The Morgan fingerprint density at radius 1 is 1.29 bits per heavy atom. The van der Waals surface area contributed by atoms with Crippen molar-refractivity contribution in [1.82, 2.24) is 15.8 Å². The van der Waals surface area contributed by atoms with Crippen molar-refractivity contribution in [3.8, 4) is 0 Å². The zero-order valence-electron chi connectivity index (χ0n) is 8.59. The maximum Gasteiger partial charge on any atom is 0.238 e. The summed E-state index contributed by atoms with van der Waals surface area (Å²) in [6.45, 7) is 4.01. The quantitative estimate of drug-likeness (QED) is 0.675. The second-order valence-corrected chi connectivity index (χ2v) is 4.19. The molecule has 0 bridgehead atoms. The third-order valence-corrected chi connectivity index (χ3v) is 3.16. The number of hydrogen-bond donors (Lipinski definition) is 2. The molecule has 2 fully saturated rings. The van der Waals surface area contributed by atoms with Crippen molar-refractivity contribution in [3.63, 3.8) is 0 Å². The van der Waals surface area contributed by atoms with Crippen LogP contribution in [-0.4, -0.2) is 37.1 Å². The van der Waals surface area contributed by atoms with Crippen LogP contribution in [0.4, 0.5) is 0 Å². The van der Waals surface area contributed by atoms with Gasteiger partial charge in [-0.15, -0.1) is 0 Å². The molecule has 2 aliphatic rings. The molecule has 4 heteroatoms. The van der Waals surface area contributed by atoms with E-state index in [1.165, 1.54) is 12.8 Å². The number of rotatable bonds is 3. The number of nitrogens with zero attached hydrogens (tertiary/aromatic N) is 1. The molecule has 0 aliphatic carbocycles. The van der Waals surface area contributed by atoms with Gasteiger partial charge >= 0.3 is 0 Å². The summed E-state index contributed by atoms with van der Waals surface area (Å²) < 4.78 is 0. The van der Waals surface area contributed by atoms with Crippen molar-refractivity contribution in [2.45, 2.75) is 25.7 Å². The van der Waals surface area contributed by atoms with E-state index in [1.54, 1.807) is 5.01 Å². The number of amides is 1. The zero-order chi connectivity index (χ0) is 9.80. The van der Waals surface area contributed by atoms with E-state index in [1.807, 2.05) is 0 Å². The number of hydrazine groups is 1. The van der Waals surface area contributed by atoms with Crippen LogP contribution in [0.5, 0.6) is 0 Å². The summed E-state index contributed by atoms with van der Waals surface area (Å²) >= 11 is 0. The Bertz CT molecular complexity index is 202. The smallest absolute Gasteiger partial charge is 0.238 e. The first-order valence-electron chi connectivity index (χ1n) is 5.61. The predicted octanol–water partition coefficient (Wildman–Crippen LogP) is 0.113. The SMILES string of the molecule is O=C1CCNN1CCC1CCNCC1. The van der Waals surface area contributed by atoms with E-state index in [2.05, 4.69) is 10.7 Å². The molecule has 0 aromatic carbocycles. The largest absolute Gasteiger partial charge is 0.317 e. The summed E-state index contributed by atoms with van der Waals surface area (Å²) in [7, 11) is 0. The molecule has 0 aromatic rings. The van der Waals surface area contributed by atoms with Crippen LogP contribution in [0.25, 0.3) is 0 Å². The zero-order valence-corrected chi connectivity index (χ0v) is 8.59. The second-order valence-electron chi connectivity index (χ2n) is 4.19. The van der Waals surface area contributed by atoms with Crippen molar-refractivity contribution >= 4 is 5.91 Å². The first-order chi connectivity index (χ1) is 6.86. The molecule has 2 heterocycles. The summed E-state index contributed by atoms with van der Waals surface area (Å²) in [5.41, 5.74) is 3.11. The first-order valence-corrected chi connectivity index (χ1v) is 5.61. The fourth-order valence-electron chi connectivity index (χ4n) is 2.21. The van der Waals surface area contributed by atoms with Gasteiger partial charge in [-0.05, 0) is 38.3 Å². The van der Waals surface area contributed by atoms with Gasteiger partial charge in [0.1, 0.15) is 0 Å². The maximum atomic E-state index is 11.3. The van der Waals surface area contributed by atoms with E-state index in [9.17, 15) is 4.79 Å². The van der Waals surface area contributed by atoms with Crippen molar-refractivity contribution in [1.29, 1.82) is 0 Å². The molecule has 2 rings (SSSR count). The topological polar surface area (TPSA) is 44.4 Å².